The van der Waals surface area contributed by atoms with E-state index in [1.807, 2.05) is 32.2 Å². The quantitative estimate of drug-likeness (QED) is 0.799. The first-order valence-corrected chi connectivity index (χ1v) is 9.98. The van der Waals surface area contributed by atoms with Gasteiger partial charge in [-0.25, -0.2) is 4.98 Å². The Morgan fingerprint density at radius 1 is 1.11 bits per heavy atom. The van der Waals surface area contributed by atoms with Gasteiger partial charge in [-0.3, -0.25) is 9.59 Å². The lowest BCUT2D eigenvalue weighted by atomic mass is 9.32. The second kappa shape index (κ2) is 6.73. The third kappa shape index (κ3) is 2.99. The van der Waals surface area contributed by atoms with Gasteiger partial charge in [-0.15, -0.1) is 0 Å². The first-order valence-electron chi connectivity index (χ1n) is 9.98. The van der Waals surface area contributed by atoms with Gasteiger partial charge in [0.1, 0.15) is 11.6 Å². The van der Waals surface area contributed by atoms with E-state index in [1.165, 1.54) is 5.56 Å². The average Bonchev–Trinajstić information content (AvgIpc) is 2.65. The number of ketones is 1. The van der Waals surface area contributed by atoms with Crippen LogP contribution in [0.25, 0.3) is 0 Å². The van der Waals surface area contributed by atoms with Crippen LogP contribution in [-0.4, -0.2) is 23.7 Å². The summed E-state index contributed by atoms with van der Waals surface area (Å²) in [6, 6.07) is 12.0. The summed E-state index contributed by atoms with van der Waals surface area (Å²) in [5.41, 5.74) is 8.96. The summed E-state index contributed by atoms with van der Waals surface area (Å²) in [4.78, 5) is 30.4. The Morgan fingerprint density at radius 3 is 2.36 bits per heavy atom. The van der Waals surface area contributed by atoms with Crippen molar-refractivity contribution in [2.75, 3.05) is 17.7 Å². The molecular weight excluding hydrogens is 350 g/mol. The molecular formula is C23H27N3O2. The van der Waals surface area contributed by atoms with Crippen molar-refractivity contribution in [3.63, 3.8) is 0 Å². The lowest BCUT2D eigenvalue weighted by molar-refractivity contribution is -0.173. The van der Waals surface area contributed by atoms with Crippen molar-refractivity contribution in [3.05, 3.63) is 53.7 Å². The molecule has 0 unspecified atom stereocenters. The van der Waals surface area contributed by atoms with Crippen LogP contribution in [0.1, 0.15) is 50.2 Å². The van der Waals surface area contributed by atoms with Crippen LogP contribution in [0.4, 0.5) is 11.5 Å². The molecule has 0 spiro atoms. The molecule has 2 aromatic rings. The molecule has 3 aliphatic rings. The SMILES string of the molecule is CCC(=O)N(C)c1ccc(C23CC(C(=O)CCc4ccc(N)nc4)(C2)C3)cc1. The number of nitrogens with zero attached hydrogens (tertiary/aromatic N) is 2. The minimum Gasteiger partial charge on any atom is -0.384 e. The number of carbonyl (C=O) groups excluding carboxylic acids is 2. The van der Waals surface area contributed by atoms with E-state index in [0.717, 1.165) is 36.9 Å². The maximum absolute atomic E-state index is 12.8. The Morgan fingerprint density at radius 2 is 1.79 bits per heavy atom. The number of anilines is 2. The molecule has 2 bridgehead atoms. The molecule has 3 saturated carbocycles. The van der Waals surface area contributed by atoms with E-state index >= 15 is 0 Å². The molecule has 5 heteroatoms. The molecule has 0 atom stereocenters. The normalized spacial score (nSPS) is 24.8. The topological polar surface area (TPSA) is 76.3 Å². The van der Waals surface area contributed by atoms with E-state index in [-0.39, 0.29) is 16.7 Å². The van der Waals surface area contributed by atoms with Gasteiger partial charge in [-0.1, -0.05) is 25.1 Å². The van der Waals surface area contributed by atoms with Crippen molar-refractivity contribution in [1.82, 2.24) is 4.98 Å². The number of aromatic nitrogens is 1. The van der Waals surface area contributed by atoms with E-state index in [4.69, 9.17) is 5.73 Å². The van der Waals surface area contributed by atoms with Crippen molar-refractivity contribution in [2.24, 2.45) is 5.41 Å². The Balaban J connectivity index is 1.34. The van der Waals surface area contributed by atoms with Crippen LogP contribution >= 0.6 is 0 Å². The molecule has 5 nitrogen and oxygen atoms in total. The number of aryl methyl sites for hydroxylation is 1. The molecule has 3 aliphatic carbocycles. The zero-order valence-electron chi connectivity index (χ0n) is 16.6. The van der Waals surface area contributed by atoms with Gasteiger partial charge in [0.25, 0.3) is 0 Å². The number of nitrogen functional groups attached to an aromatic ring is 1. The van der Waals surface area contributed by atoms with E-state index in [0.29, 0.717) is 24.4 Å². The standard InChI is InChI=1S/C23H27N3O2/c1-3-21(28)26(2)18-8-6-17(7-9-18)22-13-23(14-22,15-22)19(27)10-4-16-5-11-20(24)25-12-16/h5-9,11-12H,3-4,10,13-15H2,1-2H3,(H2,24,25). The van der Waals surface area contributed by atoms with Crippen molar-refractivity contribution >= 4 is 23.2 Å². The third-order valence-corrected chi connectivity index (χ3v) is 6.65. The van der Waals surface area contributed by atoms with Crippen LogP contribution in [0, 0.1) is 5.41 Å². The molecule has 0 saturated heterocycles. The molecule has 1 amide bonds. The zero-order chi connectivity index (χ0) is 19.9. The fraction of sp³-hybridized carbons (Fsp3) is 0.435. The highest BCUT2D eigenvalue weighted by Crippen LogP contribution is 2.74. The lowest BCUT2D eigenvalue weighted by Gasteiger charge is -2.70. The van der Waals surface area contributed by atoms with Gasteiger partial charge in [0.05, 0.1) is 0 Å². The van der Waals surface area contributed by atoms with Crippen LogP contribution in [0.3, 0.4) is 0 Å². The van der Waals surface area contributed by atoms with Crippen molar-refractivity contribution < 1.29 is 9.59 Å². The van der Waals surface area contributed by atoms with Crippen molar-refractivity contribution in [2.45, 2.75) is 50.9 Å². The van der Waals surface area contributed by atoms with E-state index in [1.54, 1.807) is 17.2 Å². The average molecular weight is 377 g/mol. The highest BCUT2D eigenvalue weighted by Gasteiger charge is 2.70. The molecule has 3 fully saturated rings. The predicted molar refractivity (Wildman–Crippen MR) is 110 cm³/mol. The number of hydrogen-bond donors (Lipinski definition) is 1. The summed E-state index contributed by atoms with van der Waals surface area (Å²) < 4.78 is 0. The van der Waals surface area contributed by atoms with E-state index < -0.39 is 0 Å². The minimum absolute atomic E-state index is 0.102. The summed E-state index contributed by atoms with van der Waals surface area (Å²) in [5, 5.41) is 0. The number of pyridine rings is 1. The van der Waals surface area contributed by atoms with Gasteiger partial charge < -0.3 is 10.6 Å². The number of rotatable bonds is 7. The Labute approximate surface area is 165 Å². The molecule has 1 aromatic heterocycles. The fourth-order valence-corrected chi connectivity index (χ4v) is 4.92. The van der Waals surface area contributed by atoms with Crippen molar-refractivity contribution in [3.8, 4) is 0 Å². The molecule has 1 aromatic carbocycles. The predicted octanol–water partition coefficient (Wildman–Crippen LogP) is 3.66. The number of amides is 1. The number of hydrogen-bond acceptors (Lipinski definition) is 4. The van der Waals surface area contributed by atoms with Gasteiger partial charge in [0, 0.05) is 37.2 Å². The largest absolute Gasteiger partial charge is 0.384 e. The smallest absolute Gasteiger partial charge is 0.226 e. The second-order valence-electron chi connectivity index (χ2n) is 8.46. The monoisotopic (exact) mass is 377 g/mol. The molecule has 0 radical (unpaired) electrons. The summed E-state index contributed by atoms with van der Waals surface area (Å²) in [6.07, 6.45) is 6.44. The second-order valence-corrected chi connectivity index (χ2v) is 8.46. The fourth-order valence-electron chi connectivity index (χ4n) is 4.92. The summed E-state index contributed by atoms with van der Waals surface area (Å²) in [5.74, 6) is 1.00. The Hall–Kier alpha value is -2.69. The Bertz CT molecular complexity index is 883. The highest BCUT2D eigenvalue weighted by molar-refractivity contribution is 5.92. The van der Waals surface area contributed by atoms with Gasteiger partial charge in [0.15, 0.2) is 0 Å². The van der Waals surface area contributed by atoms with E-state index in [2.05, 4.69) is 17.1 Å². The molecule has 1 heterocycles. The van der Waals surface area contributed by atoms with Gasteiger partial charge in [-0.2, -0.15) is 0 Å². The van der Waals surface area contributed by atoms with Gasteiger partial charge in [-0.05, 0) is 60.4 Å². The number of nitrogens with two attached hydrogens (primary N) is 1. The first-order chi connectivity index (χ1) is 13.4. The molecule has 28 heavy (non-hydrogen) atoms. The lowest BCUT2D eigenvalue weighted by Crippen LogP contribution is -2.67. The molecule has 146 valence electrons. The van der Waals surface area contributed by atoms with Crippen molar-refractivity contribution in [1.29, 1.82) is 0 Å². The van der Waals surface area contributed by atoms with Crippen LogP contribution in [0.2, 0.25) is 0 Å². The molecule has 2 N–H and O–H groups in total. The first kappa shape index (κ1) is 18.7. The van der Waals surface area contributed by atoms with Crippen LogP contribution in [0.15, 0.2) is 42.6 Å². The molecule has 5 rings (SSSR count). The Kier molecular flexibility index (Phi) is 4.48. The highest BCUT2D eigenvalue weighted by atomic mass is 16.2. The molecule has 0 aliphatic heterocycles. The number of carbonyl (C=O) groups is 2. The number of Topliss-reactive ketones (excluding diaryl/α,β-unsaturated/α-hetero) is 1. The van der Waals surface area contributed by atoms with Crippen LogP contribution in [-0.2, 0) is 21.4 Å². The summed E-state index contributed by atoms with van der Waals surface area (Å²) in [6.45, 7) is 1.87. The van der Waals surface area contributed by atoms with Gasteiger partial charge in [0.2, 0.25) is 5.91 Å². The van der Waals surface area contributed by atoms with E-state index in [9.17, 15) is 9.59 Å². The maximum atomic E-state index is 12.8. The minimum atomic E-state index is -0.102. The third-order valence-electron chi connectivity index (χ3n) is 6.65. The summed E-state index contributed by atoms with van der Waals surface area (Å²) >= 11 is 0. The summed E-state index contributed by atoms with van der Waals surface area (Å²) in [7, 11) is 1.81. The maximum Gasteiger partial charge on any atom is 0.226 e. The zero-order valence-corrected chi connectivity index (χ0v) is 16.6. The van der Waals surface area contributed by atoms with Gasteiger partial charge >= 0.3 is 0 Å². The number of benzene rings is 1. The van der Waals surface area contributed by atoms with Crippen LogP contribution in [0.5, 0.6) is 0 Å². The van der Waals surface area contributed by atoms with Crippen LogP contribution < -0.4 is 10.6 Å².